The van der Waals surface area contributed by atoms with Crippen molar-refractivity contribution in [2.45, 2.75) is 89.8 Å². The van der Waals surface area contributed by atoms with Crippen LogP contribution in [0.1, 0.15) is 92.9 Å². The molecule has 1 aromatic rings. The van der Waals surface area contributed by atoms with Crippen molar-refractivity contribution in [3.8, 4) is 0 Å². The lowest BCUT2D eigenvalue weighted by Crippen LogP contribution is -2.54. The normalized spacial score (nSPS) is 20.3. The maximum Gasteiger partial charge on any atom is 0.408 e. The Labute approximate surface area is 239 Å². The molecule has 6 amide bonds. The molecule has 41 heavy (non-hydrogen) atoms. The number of piperidine rings is 1. The van der Waals surface area contributed by atoms with Gasteiger partial charge >= 0.3 is 6.09 Å². The molecule has 0 spiro atoms. The van der Waals surface area contributed by atoms with Gasteiger partial charge in [0.2, 0.25) is 17.7 Å². The molecule has 2 aliphatic heterocycles. The fourth-order valence-electron chi connectivity index (χ4n) is 5.61. The average molecular weight is 570 g/mol. The Balaban J connectivity index is 1.36. The van der Waals surface area contributed by atoms with E-state index < -0.39 is 47.4 Å². The number of nitrogens with one attached hydrogen (secondary N) is 4. The minimum absolute atomic E-state index is 0.0408. The third kappa shape index (κ3) is 7.42. The van der Waals surface area contributed by atoms with Crippen molar-refractivity contribution in [1.82, 2.24) is 20.9 Å². The van der Waals surface area contributed by atoms with Gasteiger partial charge in [0.15, 0.2) is 0 Å². The van der Waals surface area contributed by atoms with Gasteiger partial charge in [-0.1, -0.05) is 38.2 Å². The summed E-state index contributed by atoms with van der Waals surface area (Å²) >= 11 is 0. The van der Waals surface area contributed by atoms with Crippen LogP contribution in [-0.4, -0.2) is 71.3 Å². The Morgan fingerprint density at radius 2 is 1.76 bits per heavy atom. The predicted octanol–water partition coefficient (Wildman–Crippen LogP) is 2.48. The van der Waals surface area contributed by atoms with Crippen molar-refractivity contribution in [3.05, 3.63) is 29.3 Å². The average Bonchev–Trinajstić information content (AvgIpc) is 3.16. The van der Waals surface area contributed by atoms with Crippen LogP contribution in [0.4, 0.5) is 10.5 Å². The lowest BCUT2D eigenvalue weighted by atomic mass is 9.84. The molecule has 1 unspecified atom stereocenters. The molecule has 2 heterocycles. The number of carbonyl (C=O) groups is 6. The standard InChI is InChI=1S/C29H39N5O7/c1-29(2,3)41-28(40)32-20(16-17-8-5-4-6-9-17)24(36)31-15-14-30-19-11-7-10-18-23(19)27(39)34(26(18)38)21-12-13-22(35)33-25(21)37/h7,10-11,17,20-21,30H,4-6,8-9,12-16H2,1-3H3,(H,31,36)(H,32,40)(H,33,35,37)/t20-,21?/m0/s1. The van der Waals surface area contributed by atoms with Crippen LogP contribution in [-0.2, 0) is 19.1 Å². The molecule has 1 aliphatic carbocycles. The van der Waals surface area contributed by atoms with Gasteiger partial charge in [-0.05, 0) is 51.7 Å². The van der Waals surface area contributed by atoms with Crippen LogP contribution in [0.25, 0.3) is 0 Å². The number of ether oxygens (including phenoxy) is 1. The highest BCUT2D eigenvalue weighted by atomic mass is 16.6. The molecular formula is C29H39N5O7. The number of fused-ring (bicyclic) bond motifs is 1. The summed E-state index contributed by atoms with van der Waals surface area (Å²) in [7, 11) is 0. The van der Waals surface area contributed by atoms with E-state index in [2.05, 4.69) is 21.3 Å². The minimum atomic E-state index is -1.05. The molecule has 222 valence electrons. The van der Waals surface area contributed by atoms with Crippen molar-refractivity contribution < 1.29 is 33.5 Å². The molecule has 0 aromatic heterocycles. The zero-order chi connectivity index (χ0) is 29.7. The summed E-state index contributed by atoms with van der Waals surface area (Å²) in [5.41, 5.74) is 0.0243. The first-order valence-electron chi connectivity index (χ1n) is 14.3. The Bertz CT molecular complexity index is 1220. The van der Waals surface area contributed by atoms with Gasteiger partial charge in [-0.25, -0.2) is 4.79 Å². The topological polar surface area (TPSA) is 163 Å². The van der Waals surface area contributed by atoms with Crippen molar-refractivity contribution in [2.75, 3.05) is 18.4 Å². The molecule has 1 saturated carbocycles. The number of rotatable bonds is 9. The molecule has 4 rings (SSSR count). The number of benzene rings is 1. The highest BCUT2D eigenvalue weighted by Gasteiger charge is 2.45. The number of nitrogens with zero attached hydrogens (tertiary/aromatic N) is 1. The van der Waals surface area contributed by atoms with Gasteiger partial charge in [-0.3, -0.25) is 34.2 Å². The van der Waals surface area contributed by atoms with E-state index >= 15 is 0 Å². The van der Waals surface area contributed by atoms with Gasteiger partial charge in [0.25, 0.3) is 11.8 Å². The number of alkyl carbamates (subject to hydrolysis) is 1. The molecule has 4 N–H and O–H groups in total. The number of anilines is 1. The van der Waals surface area contributed by atoms with E-state index in [1.165, 1.54) is 12.5 Å². The molecule has 2 fully saturated rings. The molecule has 12 heteroatoms. The second-order valence-electron chi connectivity index (χ2n) is 11.8. The second kappa shape index (κ2) is 12.7. The van der Waals surface area contributed by atoms with Gasteiger partial charge in [0, 0.05) is 25.2 Å². The van der Waals surface area contributed by atoms with E-state index in [0.29, 0.717) is 18.0 Å². The summed E-state index contributed by atoms with van der Waals surface area (Å²) in [6.45, 7) is 5.72. The summed E-state index contributed by atoms with van der Waals surface area (Å²) < 4.78 is 5.37. The Morgan fingerprint density at radius 3 is 2.44 bits per heavy atom. The number of hydrogen-bond acceptors (Lipinski definition) is 8. The molecule has 1 saturated heterocycles. The van der Waals surface area contributed by atoms with Crippen LogP contribution < -0.4 is 21.3 Å². The smallest absolute Gasteiger partial charge is 0.408 e. The molecule has 2 atom stereocenters. The van der Waals surface area contributed by atoms with Crippen molar-refractivity contribution in [1.29, 1.82) is 0 Å². The van der Waals surface area contributed by atoms with E-state index in [9.17, 15) is 28.8 Å². The maximum atomic E-state index is 13.3. The van der Waals surface area contributed by atoms with Crippen molar-refractivity contribution in [2.24, 2.45) is 5.92 Å². The number of imide groups is 2. The van der Waals surface area contributed by atoms with Crippen LogP contribution in [0, 0.1) is 5.92 Å². The van der Waals surface area contributed by atoms with Crippen LogP contribution in [0.15, 0.2) is 18.2 Å². The Morgan fingerprint density at radius 1 is 1.02 bits per heavy atom. The first-order chi connectivity index (χ1) is 19.4. The third-order valence-corrected chi connectivity index (χ3v) is 7.51. The summed E-state index contributed by atoms with van der Waals surface area (Å²) in [5.74, 6) is -2.28. The molecular weight excluding hydrogens is 530 g/mol. The van der Waals surface area contributed by atoms with Crippen molar-refractivity contribution in [3.63, 3.8) is 0 Å². The number of carbonyl (C=O) groups excluding carboxylic acids is 6. The van der Waals surface area contributed by atoms with E-state index in [0.717, 1.165) is 30.6 Å². The lowest BCUT2D eigenvalue weighted by Gasteiger charge is -2.28. The third-order valence-electron chi connectivity index (χ3n) is 7.51. The first kappa shape index (κ1) is 30.0. The van der Waals surface area contributed by atoms with Crippen molar-refractivity contribution >= 4 is 41.3 Å². The highest BCUT2D eigenvalue weighted by Crippen LogP contribution is 2.32. The SMILES string of the molecule is CC(C)(C)OC(=O)N[C@@H](CC1CCCCC1)C(=O)NCCNc1cccc2c1C(=O)N(C1CCC(=O)NC1=O)C2=O. The summed E-state index contributed by atoms with van der Waals surface area (Å²) in [6, 6.07) is 3.01. The fourth-order valence-corrected chi connectivity index (χ4v) is 5.61. The molecule has 3 aliphatic rings. The molecule has 0 bridgehead atoms. The number of amides is 6. The predicted molar refractivity (Wildman–Crippen MR) is 149 cm³/mol. The van der Waals surface area contributed by atoms with Crippen LogP contribution in [0.3, 0.4) is 0 Å². The molecule has 1 aromatic carbocycles. The van der Waals surface area contributed by atoms with E-state index in [1.807, 2.05) is 0 Å². The number of hydrogen-bond donors (Lipinski definition) is 4. The highest BCUT2D eigenvalue weighted by molar-refractivity contribution is 6.25. The zero-order valence-corrected chi connectivity index (χ0v) is 23.8. The van der Waals surface area contributed by atoms with Gasteiger partial charge in [0.1, 0.15) is 17.7 Å². The van der Waals surface area contributed by atoms with Gasteiger partial charge < -0.3 is 20.7 Å². The Hall–Kier alpha value is -3.96. The van der Waals surface area contributed by atoms with Crippen LogP contribution >= 0.6 is 0 Å². The van der Waals surface area contributed by atoms with Gasteiger partial charge in [0.05, 0.1) is 11.1 Å². The molecule has 0 radical (unpaired) electrons. The Kier molecular flexibility index (Phi) is 9.29. The monoisotopic (exact) mass is 569 g/mol. The fraction of sp³-hybridized carbons (Fsp3) is 0.586. The summed E-state index contributed by atoms with van der Waals surface area (Å²) in [5, 5.41) is 10.9. The lowest BCUT2D eigenvalue weighted by molar-refractivity contribution is -0.136. The van der Waals surface area contributed by atoms with E-state index in [-0.39, 0.29) is 43.0 Å². The largest absolute Gasteiger partial charge is 0.444 e. The van der Waals surface area contributed by atoms with Crippen LogP contribution in [0.5, 0.6) is 0 Å². The summed E-state index contributed by atoms with van der Waals surface area (Å²) in [6.07, 6.45) is 5.43. The minimum Gasteiger partial charge on any atom is -0.444 e. The van der Waals surface area contributed by atoms with E-state index in [4.69, 9.17) is 4.74 Å². The quantitative estimate of drug-likeness (QED) is 0.260. The second-order valence-corrected chi connectivity index (χ2v) is 11.8. The van der Waals surface area contributed by atoms with Crippen LogP contribution in [0.2, 0.25) is 0 Å². The maximum absolute atomic E-state index is 13.3. The molecule has 12 nitrogen and oxygen atoms in total. The first-order valence-corrected chi connectivity index (χ1v) is 14.3. The zero-order valence-electron chi connectivity index (χ0n) is 23.8. The van der Waals surface area contributed by atoms with Gasteiger partial charge in [-0.15, -0.1) is 0 Å². The summed E-state index contributed by atoms with van der Waals surface area (Å²) in [4.78, 5) is 76.6. The van der Waals surface area contributed by atoms with E-state index in [1.54, 1.807) is 32.9 Å². The van der Waals surface area contributed by atoms with Gasteiger partial charge in [-0.2, -0.15) is 0 Å².